The molecule has 6 heteroatoms. The molecule has 0 aliphatic heterocycles. The normalized spacial score (nSPS) is 13.0. The van der Waals surface area contributed by atoms with Gasteiger partial charge in [0.1, 0.15) is 5.75 Å². The summed E-state index contributed by atoms with van der Waals surface area (Å²) in [6.07, 6.45) is 5.77. The van der Waals surface area contributed by atoms with Gasteiger partial charge in [0.25, 0.3) is 0 Å². The Labute approximate surface area is 140 Å². The molecule has 0 aliphatic carbocycles. The Morgan fingerprint density at radius 1 is 1.13 bits per heavy atom. The van der Waals surface area contributed by atoms with E-state index < -0.39 is 10.0 Å². The molecule has 0 saturated carbocycles. The van der Waals surface area contributed by atoms with E-state index >= 15 is 0 Å². The van der Waals surface area contributed by atoms with Gasteiger partial charge in [0.2, 0.25) is 10.0 Å². The maximum absolute atomic E-state index is 12.2. The molecule has 0 fully saturated rings. The summed E-state index contributed by atoms with van der Waals surface area (Å²) < 4.78 is 32.5. The van der Waals surface area contributed by atoms with Crippen molar-refractivity contribution < 1.29 is 13.2 Å². The second-order valence-corrected chi connectivity index (χ2v) is 7.50. The lowest BCUT2D eigenvalue weighted by Crippen LogP contribution is -2.27. The number of rotatable bonds is 12. The molecule has 0 spiro atoms. The summed E-state index contributed by atoms with van der Waals surface area (Å²) in [5, 5.41) is 0. The van der Waals surface area contributed by atoms with Crippen molar-refractivity contribution in [2.75, 3.05) is 13.2 Å². The fourth-order valence-corrected chi connectivity index (χ4v) is 3.19. The van der Waals surface area contributed by atoms with Gasteiger partial charge in [-0.05, 0) is 49.9 Å². The molecule has 3 N–H and O–H groups in total. The summed E-state index contributed by atoms with van der Waals surface area (Å²) in [6, 6.07) is 6.70. The van der Waals surface area contributed by atoms with Crippen molar-refractivity contribution in [3.8, 4) is 5.75 Å². The molecule has 0 saturated heterocycles. The molecule has 0 aromatic heterocycles. The molecule has 5 nitrogen and oxygen atoms in total. The predicted octanol–water partition coefficient (Wildman–Crippen LogP) is 3.05. The van der Waals surface area contributed by atoms with Gasteiger partial charge in [-0.1, -0.05) is 26.7 Å². The van der Waals surface area contributed by atoms with Crippen LogP contribution in [0, 0.1) is 0 Å². The first-order valence-corrected chi connectivity index (χ1v) is 9.96. The monoisotopic (exact) mass is 342 g/mol. The summed E-state index contributed by atoms with van der Waals surface area (Å²) in [6.45, 7) is 5.24. The molecule has 0 amide bonds. The molecule has 23 heavy (non-hydrogen) atoms. The van der Waals surface area contributed by atoms with E-state index in [-0.39, 0.29) is 10.9 Å². The van der Waals surface area contributed by atoms with Gasteiger partial charge in [-0.25, -0.2) is 13.1 Å². The summed E-state index contributed by atoms with van der Waals surface area (Å²) in [5.41, 5.74) is 5.82. The Bertz CT molecular complexity index is 529. The molecule has 0 radical (unpaired) electrons. The standard InChI is InChI=1S/C17H30N2O3S/c1-3-5-6-14-22-16-9-11-17(12-10-16)23(20,21)19-13-7-8-15(18)4-2/h9-12,15,19H,3-8,13-14,18H2,1-2H3. The van der Waals surface area contributed by atoms with Crippen molar-refractivity contribution >= 4 is 10.0 Å². The summed E-state index contributed by atoms with van der Waals surface area (Å²) in [5.74, 6) is 0.703. The van der Waals surface area contributed by atoms with E-state index in [0.717, 1.165) is 38.5 Å². The third-order valence-electron chi connectivity index (χ3n) is 3.72. The first-order valence-electron chi connectivity index (χ1n) is 8.47. The van der Waals surface area contributed by atoms with Crippen molar-refractivity contribution in [2.45, 2.75) is 63.3 Å². The van der Waals surface area contributed by atoms with Crippen LogP contribution in [-0.2, 0) is 10.0 Å². The largest absolute Gasteiger partial charge is 0.494 e. The number of nitrogens with two attached hydrogens (primary N) is 1. The zero-order chi connectivity index (χ0) is 17.1. The predicted molar refractivity (Wildman–Crippen MR) is 94.2 cm³/mol. The zero-order valence-electron chi connectivity index (χ0n) is 14.3. The quantitative estimate of drug-likeness (QED) is 0.572. The van der Waals surface area contributed by atoms with Gasteiger partial charge in [0, 0.05) is 12.6 Å². The number of unbranched alkanes of at least 4 members (excludes halogenated alkanes) is 2. The van der Waals surface area contributed by atoms with Crippen LogP contribution >= 0.6 is 0 Å². The minimum atomic E-state index is -3.46. The van der Waals surface area contributed by atoms with Gasteiger partial charge in [-0.2, -0.15) is 0 Å². The zero-order valence-corrected chi connectivity index (χ0v) is 15.1. The van der Waals surface area contributed by atoms with Crippen LogP contribution in [0.5, 0.6) is 5.75 Å². The van der Waals surface area contributed by atoms with Gasteiger partial charge >= 0.3 is 0 Å². The van der Waals surface area contributed by atoms with Gasteiger partial charge in [-0.15, -0.1) is 0 Å². The molecular weight excluding hydrogens is 312 g/mol. The first kappa shape index (κ1) is 19.9. The van der Waals surface area contributed by atoms with E-state index in [9.17, 15) is 8.42 Å². The van der Waals surface area contributed by atoms with Crippen molar-refractivity contribution in [3.05, 3.63) is 24.3 Å². The number of hydrogen-bond donors (Lipinski definition) is 2. The summed E-state index contributed by atoms with van der Waals surface area (Å²) >= 11 is 0. The molecule has 0 aliphatic rings. The van der Waals surface area contributed by atoms with E-state index in [0.29, 0.717) is 18.9 Å². The molecule has 0 bridgehead atoms. The van der Waals surface area contributed by atoms with Crippen LogP contribution in [0.3, 0.4) is 0 Å². The van der Waals surface area contributed by atoms with E-state index in [1.165, 1.54) is 0 Å². The molecule has 1 rings (SSSR count). The van der Waals surface area contributed by atoms with Crippen molar-refractivity contribution in [1.29, 1.82) is 0 Å². The van der Waals surface area contributed by atoms with Crippen LogP contribution in [0.4, 0.5) is 0 Å². The van der Waals surface area contributed by atoms with Gasteiger partial charge in [0.05, 0.1) is 11.5 Å². The third-order valence-corrected chi connectivity index (χ3v) is 5.20. The second-order valence-electron chi connectivity index (χ2n) is 5.74. The van der Waals surface area contributed by atoms with Crippen LogP contribution < -0.4 is 15.2 Å². The number of ether oxygens (including phenoxy) is 1. The molecule has 132 valence electrons. The topological polar surface area (TPSA) is 81.4 Å². The lowest BCUT2D eigenvalue weighted by Gasteiger charge is -2.10. The van der Waals surface area contributed by atoms with E-state index in [4.69, 9.17) is 10.5 Å². The SMILES string of the molecule is CCCCCOc1ccc(S(=O)(=O)NCCCC(N)CC)cc1. The first-order chi connectivity index (χ1) is 11.0. The summed E-state index contributed by atoms with van der Waals surface area (Å²) in [7, 11) is -3.46. The van der Waals surface area contributed by atoms with Crippen molar-refractivity contribution in [1.82, 2.24) is 4.72 Å². The van der Waals surface area contributed by atoms with Crippen LogP contribution in [0.25, 0.3) is 0 Å². The van der Waals surface area contributed by atoms with Gasteiger partial charge < -0.3 is 10.5 Å². The van der Waals surface area contributed by atoms with Gasteiger partial charge in [-0.3, -0.25) is 0 Å². The number of nitrogens with one attached hydrogen (secondary N) is 1. The lowest BCUT2D eigenvalue weighted by molar-refractivity contribution is 0.306. The number of hydrogen-bond acceptors (Lipinski definition) is 4. The highest BCUT2D eigenvalue weighted by molar-refractivity contribution is 7.89. The fraction of sp³-hybridized carbons (Fsp3) is 0.647. The van der Waals surface area contributed by atoms with Crippen molar-refractivity contribution in [2.24, 2.45) is 5.73 Å². The second kappa shape index (κ2) is 10.6. The molecule has 1 unspecified atom stereocenters. The van der Waals surface area contributed by atoms with E-state index in [1.54, 1.807) is 24.3 Å². The Hall–Kier alpha value is -1.11. The fourth-order valence-electron chi connectivity index (χ4n) is 2.12. The summed E-state index contributed by atoms with van der Waals surface area (Å²) in [4.78, 5) is 0.262. The highest BCUT2D eigenvalue weighted by Gasteiger charge is 2.13. The molecule has 1 aromatic rings. The Balaban J connectivity index is 2.44. The number of sulfonamides is 1. The minimum absolute atomic E-state index is 0.142. The van der Waals surface area contributed by atoms with E-state index in [1.807, 2.05) is 6.92 Å². The third kappa shape index (κ3) is 7.81. The molecule has 1 aromatic carbocycles. The van der Waals surface area contributed by atoms with Crippen LogP contribution in [0.2, 0.25) is 0 Å². The Morgan fingerprint density at radius 2 is 1.83 bits per heavy atom. The molecule has 0 heterocycles. The highest BCUT2D eigenvalue weighted by Crippen LogP contribution is 2.16. The molecule has 1 atom stereocenters. The molecular formula is C17H30N2O3S. The maximum atomic E-state index is 12.2. The minimum Gasteiger partial charge on any atom is -0.494 e. The van der Waals surface area contributed by atoms with Crippen LogP contribution in [-0.4, -0.2) is 27.6 Å². The van der Waals surface area contributed by atoms with Crippen LogP contribution in [0.1, 0.15) is 52.4 Å². The number of benzene rings is 1. The Morgan fingerprint density at radius 3 is 2.43 bits per heavy atom. The van der Waals surface area contributed by atoms with Crippen LogP contribution in [0.15, 0.2) is 29.2 Å². The average Bonchev–Trinajstić information content (AvgIpc) is 2.56. The lowest BCUT2D eigenvalue weighted by atomic mass is 10.1. The van der Waals surface area contributed by atoms with Crippen molar-refractivity contribution in [3.63, 3.8) is 0 Å². The smallest absolute Gasteiger partial charge is 0.240 e. The Kier molecular flexibility index (Phi) is 9.21. The maximum Gasteiger partial charge on any atom is 0.240 e. The van der Waals surface area contributed by atoms with E-state index in [2.05, 4.69) is 11.6 Å². The van der Waals surface area contributed by atoms with Gasteiger partial charge in [0.15, 0.2) is 0 Å². The average molecular weight is 343 g/mol. The highest BCUT2D eigenvalue weighted by atomic mass is 32.2.